The third-order valence-electron chi connectivity index (χ3n) is 3.47. The minimum Gasteiger partial charge on any atom is -0.495 e. The summed E-state index contributed by atoms with van der Waals surface area (Å²) < 4.78 is 7.70. The quantitative estimate of drug-likeness (QED) is 0.897. The Morgan fingerprint density at radius 2 is 2.06 bits per heavy atom. The molecule has 3 heteroatoms. The summed E-state index contributed by atoms with van der Waals surface area (Å²) >= 11 is 0. The fourth-order valence-electron chi connectivity index (χ4n) is 2.43. The molecular formula is C15H22N2O. The second-order valence-electron chi connectivity index (χ2n) is 5.02. The number of fused-ring (bicyclic) bond motifs is 1. The number of nitrogens with one attached hydrogen (secondary N) is 1. The van der Waals surface area contributed by atoms with Crippen molar-refractivity contribution in [2.45, 2.75) is 33.4 Å². The highest BCUT2D eigenvalue weighted by Gasteiger charge is 2.14. The maximum absolute atomic E-state index is 5.46. The van der Waals surface area contributed by atoms with Crippen molar-refractivity contribution in [3.05, 3.63) is 29.5 Å². The zero-order chi connectivity index (χ0) is 13.3. The molecule has 0 spiro atoms. The van der Waals surface area contributed by atoms with Gasteiger partial charge in [0.1, 0.15) is 5.75 Å². The van der Waals surface area contributed by atoms with Gasteiger partial charge in [0, 0.05) is 30.7 Å². The summed E-state index contributed by atoms with van der Waals surface area (Å²) in [5.74, 6) is 0.939. The van der Waals surface area contributed by atoms with Crippen LogP contribution in [-0.2, 0) is 13.6 Å². The standard InChI is InChI=1S/C15H22N2O/c1-10(2)16-9-13-11(3)12-7-6-8-14(18-5)15(12)17(13)4/h6-8,10,16H,9H2,1-5H3. The molecule has 0 bridgehead atoms. The van der Waals surface area contributed by atoms with Gasteiger partial charge in [-0.15, -0.1) is 0 Å². The number of aryl methyl sites for hydroxylation is 2. The highest BCUT2D eigenvalue weighted by molar-refractivity contribution is 5.90. The number of hydrogen-bond acceptors (Lipinski definition) is 2. The number of nitrogens with zero attached hydrogens (tertiary/aromatic N) is 1. The number of hydrogen-bond donors (Lipinski definition) is 1. The molecule has 1 aromatic carbocycles. The fraction of sp³-hybridized carbons (Fsp3) is 0.467. The second-order valence-corrected chi connectivity index (χ2v) is 5.02. The zero-order valence-electron chi connectivity index (χ0n) is 11.9. The van der Waals surface area contributed by atoms with E-state index >= 15 is 0 Å². The van der Waals surface area contributed by atoms with Crippen LogP contribution in [0.1, 0.15) is 25.1 Å². The van der Waals surface area contributed by atoms with E-state index in [1.807, 2.05) is 12.1 Å². The first-order chi connectivity index (χ1) is 8.56. The lowest BCUT2D eigenvalue weighted by Crippen LogP contribution is -2.23. The average molecular weight is 246 g/mol. The van der Waals surface area contributed by atoms with E-state index in [9.17, 15) is 0 Å². The summed E-state index contributed by atoms with van der Waals surface area (Å²) in [6, 6.07) is 6.71. The molecule has 98 valence electrons. The van der Waals surface area contributed by atoms with E-state index in [0.717, 1.165) is 12.3 Å². The van der Waals surface area contributed by atoms with Crippen LogP contribution in [0.2, 0.25) is 0 Å². The van der Waals surface area contributed by atoms with Gasteiger partial charge in [-0.3, -0.25) is 0 Å². The van der Waals surface area contributed by atoms with Gasteiger partial charge in [-0.25, -0.2) is 0 Å². The van der Waals surface area contributed by atoms with E-state index < -0.39 is 0 Å². The molecule has 0 saturated carbocycles. The molecule has 3 nitrogen and oxygen atoms in total. The van der Waals surface area contributed by atoms with Crippen LogP contribution in [-0.4, -0.2) is 17.7 Å². The Bertz CT molecular complexity index is 555. The van der Waals surface area contributed by atoms with Gasteiger partial charge in [0.05, 0.1) is 12.6 Å². The monoisotopic (exact) mass is 246 g/mol. The molecule has 1 aromatic heterocycles. The molecule has 1 N–H and O–H groups in total. The van der Waals surface area contributed by atoms with Crippen molar-refractivity contribution in [2.75, 3.05) is 7.11 Å². The molecule has 0 atom stereocenters. The van der Waals surface area contributed by atoms with E-state index in [1.54, 1.807) is 7.11 Å². The van der Waals surface area contributed by atoms with Gasteiger partial charge in [0.25, 0.3) is 0 Å². The van der Waals surface area contributed by atoms with Crippen LogP contribution in [0.3, 0.4) is 0 Å². The van der Waals surface area contributed by atoms with Gasteiger partial charge >= 0.3 is 0 Å². The topological polar surface area (TPSA) is 26.2 Å². The van der Waals surface area contributed by atoms with E-state index in [0.29, 0.717) is 6.04 Å². The second kappa shape index (κ2) is 5.02. The highest BCUT2D eigenvalue weighted by atomic mass is 16.5. The van der Waals surface area contributed by atoms with Crippen molar-refractivity contribution in [3.63, 3.8) is 0 Å². The maximum Gasteiger partial charge on any atom is 0.143 e. The molecule has 0 amide bonds. The highest BCUT2D eigenvalue weighted by Crippen LogP contribution is 2.31. The van der Waals surface area contributed by atoms with Crippen LogP contribution in [0.15, 0.2) is 18.2 Å². The van der Waals surface area contributed by atoms with Crippen LogP contribution in [0.4, 0.5) is 0 Å². The number of methoxy groups -OCH3 is 1. The Labute approximate surface area is 109 Å². The van der Waals surface area contributed by atoms with Crippen molar-refractivity contribution in [3.8, 4) is 5.75 Å². The van der Waals surface area contributed by atoms with Crippen LogP contribution < -0.4 is 10.1 Å². The van der Waals surface area contributed by atoms with Gasteiger partial charge in [0.15, 0.2) is 0 Å². The smallest absolute Gasteiger partial charge is 0.143 e. The van der Waals surface area contributed by atoms with Crippen molar-refractivity contribution >= 4 is 10.9 Å². The van der Waals surface area contributed by atoms with Crippen LogP contribution in [0, 0.1) is 6.92 Å². The Morgan fingerprint density at radius 1 is 1.33 bits per heavy atom. The lowest BCUT2D eigenvalue weighted by molar-refractivity contribution is 0.417. The minimum atomic E-state index is 0.490. The largest absolute Gasteiger partial charge is 0.495 e. The number of rotatable bonds is 4. The lowest BCUT2D eigenvalue weighted by atomic mass is 10.1. The Hall–Kier alpha value is -1.48. The number of aromatic nitrogens is 1. The normalized spacial score (nSPS) is 11.4. The van der Waals surface area contributed by atoms with Gasteiger partial charge < -0.3 is 14.6 Å². The fourth-order valence-corrected chi connectivity index (χ4v) is 2.43. The predicted molar refractivity (Wildman–Crippen MR) is 76.2 cm³/mol. The SMILES string of the molecule is COc1cccc2c(C)c(CNC(C)C)n(C)c12. The van der Waals surface area contributed by atoms with Gasteiger partial charge in [0.2, 0.25) is 0 Å². The third kappa shape index (κ3) is 2.10. The number of benzene rings is 1. The molecule has 0 aliphatic carbocycles. The van der Waals surface area contributed by atoms with E-state index in [4.69, 9.17) is 4.74 Å². The molecule has 1 heterocycles. The van der Waals surface area contributed by atoms with Crippen molar-refractivity contribution in [2.24, 2.45) is 7.05 Å². The summed E-state index contributed by atoms with van der Waals surface area (Å²) in [5.41, 5.74) is 3.83. The first kappa shape index (κ1) is 13.0. The summed E-state index contributed by atoms with van der Waals surface area (Å²) in [4.78, 5) is 0. The van der Waals surface area contributed by atoms with E-state index in [1.165, 1.54) is 22.2 Å². The molecule has 2 aromatic rings. The zero-order valence-corrected chi connectivity index (χ0v) is 11.9. The van der Waals surface area contributed by atoms with Gasteiger partial charge in [-0.1, -0.05) is 26.0 Å². The molecule has 0 unspecified atom stereocenters. The van der Waals surface area contributed by atoms with Crippen LogP contribution in [0.5, 0.6) is 5.75 Å². The van der Waals surface area contributed by atoms with Crippen LogP contribution >= 0.6 is 0 Å². The Kier molecular flexibility index (Phi) is 3.62. The summed E-state index contributed by atoms with van der Waals surface area (Å²) in [6.45, 7) is 7.40. The molecule has 18 heavy (non-hydrogen) atoms. The third-order valence-corrected chi connectivity index (χ3v) is 3.47. The maximum atomic E-state index is 5.46. The van der Waals surface area contributed by atoms with Crippen molar-refractivity contribution in [1.29, 1.82) is 0 Å². The number of ether oxygens (including phenoxy) is 1. The Morgan fingerprint density at radius 3 is 2.67 bits per heavy atom. The van der Waals surface area contributed by atoms with Crippen molar-refractivity contribution < 1.29 is 4.74 Å². The van der Waals surface area contributed by atoms with Crippen LogP contribution in [0.25, 0.3) is 10.9 Å². The first-order valence-corrected chi connectivity index (χ1v) is 6.40. The van der Waals surface area contributed by atoms with E-state index in [2.05, 4.69) is 43.8 Å². The summed E-state index contributed by atoms with van der Waals surface area (Å²) in [6.07, 6.45) is 0. The lowest BCUT2D eigenvalue weighted by Gasteiger charge is -2.11. The number of para-hydroxylation sites is 1. The molecule has 0 radical (unpaired) electrons. The molecule has 0 aliphatic heterocycles. The summed E-state index contributed by atoms with van der Waals surface area (Å²) in [7, 11) is 3.83. The van der Waals surface area contributed by atoms with Gasteiger partial charge in [-0.05, 0) is 18.6 Å². The molecule has 2 rings (SSSR count). The molecule has 0 fully saturated rings. The molecule has 0 aliphatic rings. The summed E-state index contributed by atoms with van der Waals surface area (Å²) in [5, 5.41) is 4.76. The average Bonchev–Trinajstić information content (AvgIpc) is 2.60. The molecule has 0 saturated heterocycles. The Balaban J connectivity index is 2.55. The van der Waals surface area contributed by atoms with E-state index in [-0.39, 0.29) is 0 Å². The minimum absolute atomic E-state index is 0.490. The first-order valence-electron chi connectivity index (χ1n) is 6.40. The molecular weight excluding hydrogens is 224 g/mol. The predicted octanol–water partition coefficient (Wildman–Crippen LogP) is 2.99. The van der Waals surface area contributed by atoms with Crippen molar-refractivity contribution in [1.82, 2.24) is 9.88 Å². The van der Waals surface area contributed by atoms with Gasteiger partial charge in [-0.2, -0.15) is 0 Å².